The number of aromatic nitrogens is 1. The Kier molecular flexibility index (Phi) is 5.15. The van der Waals surface area contributed by atoms with E-state index in [4.69, 9.17) is 0 Å². The van der Waals surface area contributed by atoms with E-state index in [1.54, 1.807) is 18.6 Å². The van der Waals surface area contributed by atoms with E-state index in [9.17, 15) is 4.79 Å². The second-order valence-corrected chi connectivity index (χ2v) is 7.61. The number of amides is 1. The molecule has 8 nitrogen and oxygen atoms in total. The maximum atomic E-state index is 12.0. The molecule has 1 saturated heterocycles. The lowest BCUT2D eigenvalue weighted by Gasteiger charge is -2.32. The number of likely N-dealkylation sites (N-methyl/N-ethyl adjacent to an activating group) is 1. The molecule has 1 atom stereocenters. The van der Waals surface area contributed by atoms with E-state index in [-0.39, 0.29) is 5.91 Å². The summed E-state index contributed by atoms with van der Waals surface area (Å²) in [6, 6.07) is 0. The number of aromatic amines is 1. The molecule has 1 unspecified atom stereocenters. The van der Waals surface area contributed by atoms with Crippen LogP contribution in [-0.4, -0.2) is 65.8 Å². The van der Waals surface area contributed by atoms with Gasteiger partial charge in [-0.05, 0) is 38.1 Å². The monoisotopic (exact) mass is 381 g/mol. The number of carbonyl (C=O) groups excluding carboxylic acids is 1. The first-order valence-electron chi connectivity index (χ1n) is 9.66. The van der Waals surface area contributed by atoms with Crippen LogP contribution in [-0.2, 0) is 11.3 Å². The highest BCUT2D eigenvalue weighted by atomic mass is 16.2. The quantitative estimate of drug-likeness (QED) is 0.725. The first-order valence-corrected chi connectivity index (χ1v) is 9.66. The van der Waals surface area contributed by atoms with E-state index in [0.29, 0.717) is 5.71 Å². The van der Waals surface area contributed by atoms with Crippen molar-refractivity contribution < 1.29 is 4.79 Å². The SMILES string of the molecule is Cc1[nH]c(C=C2NC=CN=C2C2C=NNC2=O)c(C)c1CN1CCN(C)CC1. The number of allylic oxidation sites excluding steroid dienone is 1. The summed E-state index contributed by atoms with van der Waals surface area (Å²) in [5.41, 5.74) is 8.79. The summed E-state index contributed by atoms with van der Waals surface area (Å²) in [6.45, 7) is 9.64. The van der Waals surface area contributed by atoms with Crippen molar-refractivity contribution in [2.75, 3.05) is 33.2 Å². The van der Waals surface area contributed by atoms with Crippen LogP contribution in [0.4, 0.5) is 0 Å². The van der Waals surface area contributed by atoms with Crippen LogP contribution >= 0.6 is 0 Å². The lowest BCUT2D eigenvalue weighted by Crippen LogP contribution is -2.44. The van der Waals surface area contributed by atoms with Gasteiger partial charge in [0.15, 0.2) is 0 Å². The smallest absolute Gasteiger partial charge is 0.254 e. The number of hydrazone groups is 1. The Balaban J connectivity index is 1.57. The number of hydrogen-bond donors (Lipinski definition) is 3. The lowest BCUT2D eigenvalue weighted by molar-refractivity contribution is -0.120. The number of nitrogens with one attached hydrogen (secondary N) is 3. The topological polar surface area (TPSA) is 88.1 Å². The van der Waals surface area contributed by atoms with Gasteiger partial charge in [0, 0.05) is 62.7 Å². The van der Waals surface area contributed by atoms with Gasteiger partial charge in [0.1, 0.15) is 5.92 Å². The van der Waals surface area contributed by atoms with E-state index in [1.165, 1.54) is 16.8 Å². The molecule has 1 aromatic rings. The Morgan fingerprint density at radius 2 is 2.04 bits per heavy atom. The van der Waals surface area contributed by atoms with Crippen molar-refractivity contribution in [3.05, 3.63) is 40.6 Å². The summed E-state index contributed by atoms with van der Waals surface area (Å²) in [5.74, 6) is -0.623. The van der Waals surface area contributed by atoms with Gasteiger partial charge in [0.2, 0.25) is 0 Å². The van der Waals surface area contributed by atoms with Crippen molar-refractivity contribution in [3.63, 3.8) is 0 Å². The van der Waals surface area contributed by atoms with Gasteiger partial charge in [-0.15, -0.1) is 0 Å². The molecule has 0 aliphatic carbocycles. The third-order valence-corrected chi connectivity index (χ3v) is 5.68. The number of aliphatic imine (C=N–C) groups is 1. The molecule has 1 fully saturated rings. The summed E-state index contributed by atoms with van der Waals surface area (Å²) < 4.78 is 0. The molecular formula is C20H27N7O. The van der Waals surface area contributed by atoms with Gasteiger partial charge in [-0.25, -0.2) is 5.43 Å². The third kappa shape index (κ3) is 3.65. The highest BCUT2D eigenvalue weighted by Crippen LogP contribution is 2.24. The normalized spacial score (nSPS) is 24.5. The Morgan fingerprint density at radius 3 is 2.75 bits per heavy atom. The molecule has 3 aliphatic heterocycles. The van der Waals surface area contributed by atoms with Gasteiger partial charge in [-0.2, -0.15) is 5.10 Å². The average molecular weight is 381 g/mol. The van der Waals surface area contributed by atoms with Crippen molar-refractivity contribution in [1.82, 2.24) is 25.5 Å². The van der Waals surface area contributed by atoms with Crippen LogP contribution in [0.1, 0.15) is 22.5 Å². The van der Waals surface area contributed by atoms with E-state index in [2.05, 4.69) is 56.5 Å². The molecule has 0 bridgehead atoms. The summed E-state index contributed by atoms with van der Waals surface area (Å²) >= 11 is 0. The predicted molar refractivity (Wildman–Crippen MR) is 111 cm³/mol. The highest BCUT2D eigenvalue weighted by Gasteiger charge is 2.29. The maximum Gasteiger partial charge on any atom is 0.254 e. The molecule has 1 aromatic heterocycles. The minimum atomic E-state index is -0.468. The molecule has 28 heavy (non-hydrogen) atoms. The molecule has 1 amide bonds. The number of rotatable bonds is 4. The van der Waals surface area contributed by atoms with Crippen molar-refractivity contribution in [1.29, 1.82) is 0 Å². The summed E-state index contributed by atoms with van der Waals surface area (Å²) in [6.07, 6.45) is 7.08. The molecule has 0 saturated carbocycles. The number of hydrogen-bond acceptors (Lipinski definition) is 6. The first-order chi connectivity index (χ1) is 13.5. The van der Waals surface area contributed by atoms with Crippen LogP contribution in [0.15, 0.2) is 28.2 Å². The lowest BCUT2D eigenvalue weighted by atomic mass is 9.99. The van der Waals surface area contributed by atoms with E-state index in [0.717, 1.165) is 44.1 Å². The van der Waals surface area contributed by atoms with Crippen LogP contribution < -0.4 is 10.7 Å². The average Bonchev–Trinajstić information content (AvgIpc) is 3.22. The zero-order chi connectivity index (χ0) is 19.7. The molecule has 4 rings (SSSR count). The van der Waals surface area contributed by atoms with Crippen molar-refractivity contribution in [2.24, 2.45) is 16.0 Å². The fourth-order valence-electron chi connectivity index (χ4n) is 3.83. The number of H-pyrrole nitrogens is 1. The zero-order valence-corrected chi connectivity index (χ0v) is 16.6. The molecule has 8 heteroatoms. The second kappa shape index (κ2) is 7.73. The largest absolute Gasteiger partial charge is 0.359 e. The Hall–Kier alpha value is -2.71. The molecule has 3 N–H and O–H groups in total. The van der Waals surface area contributed by atoms with Crippen molar-refractivity contribution in [3.8, 4) is 0 Å². The van der Waals surface area contributed by atoms with E-state index < -0.39 is 5.92 Å². The standard InChI is InChI=1S/C20H27N7O/c1-13-16(12-27-8-6-26(3)7-9-27)14(2)24-17(13)10-18-19(22-5-4-21-18)15-11-23-25-20(15)28/h4-5,10-11,15,21,24H,6-9,12H2,1-3H3,(H,25,28). The van der Waals surface area contributed by atoms with Gasteiger partial charge >= 0.3 is 0 Å². The van der Waals surface area contributed by atoms with Crippen LogP contribution in [0.3, 0.4) is 0 Å². The molecule has 0 spiro atoms. The molecule has 0 aromatic carbocycles. The third-order valence-electron chi connectivity index (χ3n) is 5.68. The second-order valence-electron chi connectivity index (χ2n) is 7.61. The van der Waals surface area contributed by atoms with Crippen LogP contribution in [0.5, 0.6) is 0 Å². The minimum Gasteiger partial charge on any atom is -0.359 e. The Labute approximate surface area is 165 Å². The predicted octanol–water partition coefficient (Wildman–Crippen LogP) is 0.967. The first kappa shape index (κ1) is 18.6. The molecule has 148 valence electrons. The van der Waals surface area contributed by atoms with Crippen LogP contribution in [0, 0.1) is 19.8 Å². The number of piperazine rings is 1. The summed E-state index contributed by atoms with van der Waals surface area (Å²) in [4.78, 5) is 24.8. The summed E-state index contributed by atoms with van der Waals surface area (Å²) in [7, 11) is 2.18. The number of carbonyl (C=O) groups is 1. The minimum absolute atomic E-state index is 0.156. The molecule has 0 radical (unpaired) electrons. The fraction of sp³-hybridized carbons (Fsp3) is 0.450. The van der Waals surface area contributed by atoms with Gasteiger partial charge in [0.05, 0.1) is 11.4 Å². The van der Waals surface area contributed by atoms with Gasteiger partial charge in [-0.1, -0.05) is 0 Å². The highest BCUT2D eigenvalue weighted by molar-refractivity contribution is 6.24. The Morgan fingerprint density at radius 1 is 1.25 bits per heavy atom. The molecular weight excluding hydrogens is 354 g/mol. The zero-order valence-electron chi connectivity index (χ0n) is 16.6. The van der Waals surface area contributed by atoms with Crippen LogP contribution in [0.25, 0.3) is 6.08 Å². The fourth-order valence-corrected chi connectivity index (χ4v) is 3.83. The van der Waals surface area contributed by atoms with Gasteiger partial charge in [-0.3, -0.25) is 14.7 Å². The summed E-state index contributed by atoms with van der Waals surface area (Å²) in [5, 5.41) is 7.10. The Bertz CT molecular complexity index is 885. The van der Waals surface area contributed by atoms with E-state index >= 15 is 0 Å². The van der Waals surface area contributed by atoms with Crippen molar-refractivity contribution >= 4 is 23.9 Å². The molecule has 4 heterocycles. The number of aryl methyl sites for hydroxylation is 1. The molecule has 3 aliphatic rings. The van der Waals surface area contributed by atoms with E-state index in [1.807, 2.05) is 6.08 Å². The van der Waals surface area contributed by atoms with Gasteiger partial charge < -0.3 is 15.2 Å². The van der Waals surface area contributed by atoms with Crippen LogP contribution in [0.2, 0.25) is 0 Å². The van der Waals surface area contributed by atoms with Gasteiger partial charge in [0.25, 0.3) is 5.91 Å². The van der Waals surface area contributed by atoms with Crippen molar-refractivity contribution in [2.45, 2.75) is 20.4 Å². The number of nitrogens with zero attached hydrogens (tertiary/aromatic N) is 4. The maximum absolute atomic E-state index is 12.0.